The molecule has 2 heterocycles. The van der Waals surface area contributed by atoms with Crippen LogP contribution >= 0.6 is 11.6 Å². The lowest BCUT2D eigenvalue weighted by Gasteiger charge is -2.08. The zero-order valence-corrected chi connectivity index (χ0v) is 13.4. The molecule has 3 rings (SSSR count). The summed E-state index contributed by atoms with van der Waals surface area (Å²) >= 11 is 6.11. The number of ether oxygens (including phenoxy) is 1. The van der Waals surface area contributed by atoms with Gasteiger partial charge in [0.25, 0.3) is 0 Å². The number of esters is 1. The number of aromatic nitrogens is 1. The van der Waals surface area contributed by atoms with Crippen molar-refractivity contribution < 1.29 is 18.7 Å². The van der Waals surface area contributed by atoms with E-state index >= 15 is 0 Å². The van der Waals surface area contributed by atoms with Crippen molar-refractivity contribution in [3.63, 3.8) is 0 Å². The second-order valence-corrected chi connectivity index (χ2v) is 5.62. The Morgan fingerprint density at radius 2 is 2.00 bits per heavy atom. The highest BCUT2D eigenvalue weighted by atomic mass is 35.5. The summed E-state index contributed by atoms with van der Waals surface area (Å²) in [6.45, 7) is 1.68. The minimum atomic E-state index is -0.602. The summed E-state index contributed by atoms with van der Waals surface area (Å²) in [6, 6.07) is 7.30. The van der Waals surface area contributed by atoms with Gasteiger partial charge in [-0.1, -0.05) is 11.6 Å². The Morgan fingerprint density at radius 3 is 2.71 bits per heavy atom. The standard InChI is InChI=1S/C17H12ClNO5/c1-10-6-15-13(8-14(10)18)12(7-16(20)24-15)9-23-17(21)11-2-4-19(22)5-3-11/h2-8H,9H2,1H3. The van der Waals surface area contributed by atoms with Crippen molar-refractivity contribution >= 4 is 28.5 Å². The van der Waals surface area contributed by atoms with Crippen LogP contribution in [0.3, 0.4) is 0 Å². The zero-order chi connectivity index (χ0) is 17.3. The lowest BCUT2D eigenvalue weighted by atomic mass is 10.1. The fourth-order valence-corrected chi connectivity index (χ4v) is 2.41. The quantitative estimate of drug-likeness (QED) is 0.315. The van der Waals surface area contributed by atoms with Crippen molar-refractivity contribution in [2.24, 2.45) is 0 Å². The molecular formula is C17H12ClNO5. The third-order valence-corrected chi connectivity index (χ3v) is 3.91. The molecule has 0 atom stereocenters. The molecule has 0 fully saturated rings. The van der Waals surface area contributed by atoms with Crippen molar-refractivity contribution in [3.8, 4) is 0 Å². The van der Waals surface area contributed by atoms with Crippen molar-refractivity contribution in [1.82, 2.24) is 0 Å². The molecule has 0 saturated heterocycles. The predicted octanol–water partition coefficient (Wildman–Crippen LogP) is 2.75. The first-order valence-corrected chi connectivity index (χ1v) is 7.40. The van der Waals surface area contributed by atoms with Crippen LogP contribution in [0.4, 0.5) is 0 Å². The number of benzene rings is 1. The minimum Gasteiger partial charge on any atom is -0.619 e. The maximum absolute atomic E-state index is 12.0. The molecule has 2 aromatic heterocycles. The summed E-state index contributed by atoms with van der Waals surface area (Å²) < 4.78 is 10.9. The Kier molecular flexibility index (Phi) is 4.22. The maximum atomic E-state index is 12.0. The Labute approximate surface area is 141 Å². The molecule has 0 aliphatic rings. The number of rotatable bonds is 3. The highest BCUT2D eigenvalue weighted by molar-refractivity contribution is 6.32. The maximum Gasteiger partial charge on any atom is 0.338 e. The van der Waals surface area contributed by atoms with Crippen LogP contribution in [0.15, 0.2) is 51.9 Å². The van der Waals surface area contributed by atoms with E-state index < -0.39 is 11.6 Å². The van der Waals surface area contributed by atoms with Gasteiger partial charge in [-0.3, -0.25) is 0 Å². The third kappa shape index (κ3) is 3.23. The first kappa shape index (κ1) is 16.0. The van der Waals surface area contributed by atoms with Crippen LogP contribution in [0.5, 0.6) is 0 Å². The summed E-state index contributed by atoms with van der Waals surface area (Å²) in [5, 5.41) is 12.1. The monoisotopic (exact) mass is 345 g/mol. The van der Waals surface area contributed by atoms with E-state index in [4.69, 9.17) is 20.8 Å². The molecule has 0 spiro atoms. The lowest BCUT2D eigenvalue weighted by Crippen LogP contribution is -2.24. The van der Waals surface area contributed by atoms with Gasteiger partial charge in [-0.25, -0.2) is 9.59 Å². The minimum absolute atomic E-state index is 0.118. The summed E-state index contributed by atoms with van der Waals surface area (Å²) in [5.41, 5.74) is 1.34. The summed E-state index contributed by atoms with van der Waals surface area (Å²) in [7, 11) is 0. The second kappa shape index (κ2) is 6.33. The molecule has 1 aromatic carbocycles. The van der Waals surface area contributed by atoms with E-state index in [1.54, 1.807) is 19.1 Å². The van der Waals surface area contributed by atoms with Gasteiger partial charge >= 0.3 is 11.6 Å². The topological polar surface area (TPSA) is 83.5 Å². The third-order valence-electron chi connectivity index (χ3n) is 3.51. The molecule has 0 amide bonds. The van der Waals surface area contributed by atoms with Crippen molar-refractivity contribution in [2.75, 3.05) is 0 Å². The van der Waals surface area contributed by atoms with Gasteiger partial charge < -0.3 is 14.4 Å². The first-order valence-electron chi connectivity index (χ1n) is 7.03. The highest BCUT2D eigenvalue weighted by Crippen LogP contribution is 2.25. The molecule has 0 unspecified atom stereocenters. The van der Waals surface area contributed by atoms with Crippen LogP contribution in [0.2, 0.25) is 5.02 Å². The summed E-state index contributed by atoms with van der Waals surface area (Å²) in [6.07, 6.45) is 2.40. The van der Waals surface area contributed by atoms with E-state index in [1.807, 2.05) is 0 Å². The molecule has 0 aliphatic heterocycles. The van der Waals surface area contributed by atoms with Gasteiger partial charge in [-0.15, -0.1) is 0 Å². The van der Waals surface area contributed by atoms with Gasteiger partial charge in [0, 0.05) is 34.2 Å². The number of fused-ring (bicyclic) bond motifs is 1. The van der Waals surface area contributed by atoms with Gasteiger partial charge in [0.05, 0.1) is 5.56 Å². The van der Waals surface area contributed by atoms with Crippen LogP contribution in [-0.4, -0.2) is 5.97 Å². The highest BCUT2D eigenvalue weighted by Gasteiger charge is 2.12. The van der Waals surface area contributed by atoms with Crippen molar-refractivity contribution in [3.05, 3.63) is 80.1 Å². The Morgan fingerprint density at radius 1 is 1.29 bits per heavy atom. The average Bonchev–Trinajstić information content (AvgIpc) is 2.54. The van der Waals surface area contributed by atoms with Gasteiger partial charge in [0.15, 0.2) is 12.4 Å². The number of pyridine rings is 1. The molecule has 3 aromatic rings. The summed E-state index contributed by atoms with van der Waals surface area (Å²) in [4.78, 5) is 23.7. The molecule has 0 saturated carbocycles. The second-order valence-electron chi connectivity index (χ2n) is 5.21. The Balaban J connectivity index is 1.89. The SMILES string of the molecule is Cc1cc2oc(=O)cc(COC(=O)c3cc[n+]([O-])cc3)c2cc1Cl. The molecule has 122 valence electrons. The number of halogens is 1. The zero-order valence-electron chi connectivity index (χ0n) is 12.6. The van der Waals surface area contributed by atoms with E-state index in [2.05, 4.69) is 0 Å². The van der Waals surface area contributed by atoms with Crippen LogP contribution in [0.25, 0.3) is 11.0 Å². The van der Waals surface area contributed by atoms with Crippen LogP contribution in [-0.2, 0) is 11.3 Å². The fourth-order valence-electron chi connectivity index (χ4n) is 2.24. The van der Waals surface area contributed by atoms with Gasteiger partial charge in [0.2, 0.25) is 0 Å². The number of hydrogen-bond acceptors (Lipinski definition) is 5. The Hall–Kier alpha value is -2.86. The molecule has 0 N–H and O–H groups in total. The normalized spacial score (nSPS) is 10.8. The molecule has 0 aliphatic carbocycles. The van der Waals surface area contributed by atoms with Gasteiger partial charge in [-0.05, 0) is 24.6 Å². The number of nitrogens with zero attached hydrogens (tertiary/aromatic N) is 1. The van der Waals surface area contributed by atoms with Crippen LogP contribution in [0.1, 0.15) is 21.5 Å². The number of carbonyl (C=O) groups is 1. The largest absolute Gasteiger partial charge is 0.619 e. The van der Waals surface area contributed by atoms with Gasteiger partial charge in [-0.2, -0.15) is 4.73 Å². The average molecular weight is 346 g/mol. The lowest BCUT2D eigenvalue weighted by molar-refractivity contribution is -0.605. The van der Waals surface area contributed by atoms with Crippen LogP contribution < -0.4 is 10.4 Å². The van der Waals surface area contributed by atoms with E-state index in [9.17, 15) is 14.8 Å². The van der Waals surface area contributed by atoms with E-state index in [0.717, 1.165) is 5.56 Å². The number of carbonyl (C=O) groups excluding carboxylic acids is 1. The van der Waals surface area contributed by atoms with E-state index in [1.165, 1.54) is 30.6 Å². The van der Waals surface area contributed by atoms with Crippen molar-refractivity contribution in [2.45, 2.75) is 13.5 Å². The van der Waals surface area contributed by atoms with Crippen LogP contribution in [0, 0.1) is 12.1 Å². The number of aryl methyl sites for hydroxylation is 1. The number of hydrogen-bond donors (Lipinski definition) is 0. The molecule has 0 radical (unpaired) electrons. The summed E-state index contributed by atoms with van der Waals surface area (Å²) in [5.74, 6) is -0.602. The molecular weight excluding hydrogens is 334 g/mol. The van der Waals surface area contributed by atoms with Gasteiger partial charge in [0.1, 0.15) is 12.2 Å². The smallest absolute Gasteiger partial charge is 0.338 e. The Bertz CT molecular complexity index is 979. The molecule has 6 nitrogen and oxygen atoms in total. The van der Waals surface area contributed by atoms with Crippen molar-refractivity contribution in [1.29, 1.82) is 0 Å². The fraction of sp³-hybridized carbons (Fsp3) is 0.118. The molecule has 7 heteroatoms. The molecule has 24 heavy (non-hydrogen) atoms. The predicted molar refractivity (Wildman–Crippen MR) is 86.8 cm³/mol. The first-order chi connectivity index (χ1) is 11.4. The van der Waals surface area contributed by atoms with E-state index in [-0.39, 0.29) is 12.2 Å². The molecule has 0 bridgehead atoms. The van der Waals surface area contributed by atoms with E-state index in [0.29, 0.717) is 26.3 Å².